The van der Waals surface area contributed by atoms with Crippen molar-refractivity contribution in [2.24, 2.45) is 0 Å². The first kappa shape index (κ1) is 26.8. The third kappa shape index (κ3) is 6.27. The van der Waals surface area contributed by atoms with Gasteiger partial charge in [0.1, 0.15) is 5.69 Å². The largest absolute Gasteiger partial charge is 0.573 e. The minimum Gasteiger partial charge on any atom is -0.573 e. The number of halogens is 5. The van der Waals surface area contributed by atoms with Crippen LogP contribution in [0.4, 0.5) is 22.0 Å². The minimum atomic E-state index is -4.46. The molecule has 0 bridgehead atoms. The Bertz CT molecular complexity index is 1390. The molecule has 0 fully saturated rings. The van der Waals surface area contributed by atoms with E-state index in [-0.39, 0.29) is 36.9 Å². The molecule has 2 aromatic carbocycles. The van der Waals surface area contributed by atoms with Gasteiger partial charge in [-0.15, -0.1) is 12.1 Å². The summed E-state index contributed by atoms with van der Waals surface area (Å²) in [6.07, 6.45) is -1.41. The van der Waals surface area contributed by atoms with Gasteiger partial charge in [-0.3, -0.25) is 13.8 Å². The van der Waals surface area contributed by atoms with Gasteiger partial charge in [0.2, 0.25) is 0 Å². The van der Waals surface area contributed by atoms with Gasteiger partial charge in [-0.2, -0.15) is 13.2 Å². The molecule has 0 amide bonds. The van der Waals surface area contributed by atoms with E-state index in [1.807, 2.05) is 0 Å². The summed E-state index contributed by atoms with van der Waals surface area (Å²) in [5.41, 5.74) is 0.554. The molecular formula is C26H15F5IrN4-2. The Balaban J connectivity index is 0.000000203. The van der Waals surface area contributed by atoms with Gasteiger partial charge >= 0.3 is 6.18 Å². The molecule has 0 saturated carbocycles. The predicted octanol–water partition coefficient (Wildman–Crippen LogP) is 6.61. The first-order chi connectivity index (χ1) is 16.8. The number of aromatic nitrogens is 4. The van der Waals surface area contributed by atoms with E-state index >= 15 is 0 Å². The Morgan fingerprint density at radius 2 is 1.39 bits per heavy atom. The number of rotatable bonds is 3. The number of hydrogen-bond donors (Lipinski definition) is 0. The van der Waals surface area contributed by atoms with E-state index < -0.39 is 23.5 Å². The predicted molar refractivity (Wildman–Crippen MR) is 120 cm³/mol. The zero-order chi connectivity index (χ0) is 24.8. The summed E-state index contributed by atoms with van der Waals surface area (Å²) in [7, 11) is 0. The molecule has 3 aromatic heterocycles. The van der Waals surface area contributed by atoms with Crippen molar-refractivity contribution in [3.8, 4) is 33.8 Å². The fourth-order valence-corrected chi connectivity index (χ4v) is 3.14. The molecule has 0 aliphatic carbocycles. The maximum atomic E-state index is 14.6. The van der Waals surface area contributed by atoms with Crippen molar-refractivity contribution in [1.29, 1.82) is 0 Å². The molecular weight excluding hydrogens is 656 g/mol. The van der Waals surface area contributed by atoms with Crippen molar-refractivity contribution in [2.45, 2.75) is 6.18 Å². The van der Waals surface area contributed by atoms with Gasteiger partial charge in [0.15, 0.2) is 0 Å². The van der Waals surface area contributed by atoms with Crippen molar-refractivity contribution in [2.75, 3.05) is 0 Å². The third-order valence-electron chi connectivity index (χ3n) is 4.76. The first-order valence-corrected chi connectivity index (χ1v) is 10.2. The second kappa shape index (κ2) is 11.8. The number of pyridine rings is 2. The van der Waals surface area contributed by atoms with Crippen LogP contribution in [0.2, 0.25) is 0 Å². The number of nitrogens with zero attached hydrogens (tertiary/aromatic N) is 4. The summed E-state index contributed by atoms with van der Waals surface area (Å²) in [4.78, 5) is 7.96. The van der Waals surface area contributed by atoms with Crippen molar-refractivity contribution in [1.82, 2.24) is 20.2 Å². The summed E-state index contributed by atoms with van der Waals surface area (Å²) in [6.45, 7) is 0. The normalized spacial score (nSPS) is 10.7. The molecule has 36 heavy (non-hydrogen) atoms. The average molecular weight is 671 g/mol. The van der Waals surface area contributed by atoms with Crippen molar-refractivity contribution < 1.29 is 42.1 Å². The van der Waals surface area contributed by atoms with Crippen molar-refractivity contribution in [3.63, 3.8) is 0 Å². The van der Waals surface area contributed by atoms with Crippen LogP contribution in [0.25, 0.3) is 33.8 Å². The Morgan fingerprint density at radius 1 is 0.778 bits per heavy atom. The van der Waals surface area contributed by atoms with Gasteiger partial charge in [-0.1, -0.05) is 59.8 Å². The van der Waals surface area contributed by atoms with Crippen LogP contribution >= 0.6 is 0 Å². The molecule has 5 aromatic rings. The van der Waals surface area contributed by atoms with Crippen molar-refractivity contribution >= 4 is 0 Å². The molecule has 10 heteroatoms. The fraction of sp³-hybridized carbons (Fsp3) is 0.0385. The molecule has 0 atom stereocenters. The van der Waals surface area contributed by atoms with Crippen LogP contribution in [0, 0.1) is 17.7 Å². The molecule has 5 rings (SSSR count). The van der Waals surface area contributed by atoms with E-state index in [1.54, 1.807) is 72.9 Å². The van der Waals surface area contributed by atoms with E-state index in [0.717, 1.165) is 12.1 Å². The second-order valence-corrected chi connectivity index (χ2v) is 7.11. The van der Waals surface area contributed by atoms with Crippen LogP contribution in [-0.4, -0.2) is 15.1 Å². The maximum absolute atomic E-state index is 14.6. The monoisotopic (exact) mass is 671 g/mol. The van der Waals surface area contributed by atoms with Crippen LogP contribution in [-0.2, 0) is 26.3 Å². The number of alkyl halides is 3. The molecule has 0 N–H and O–H groups in total. The minimum absolute atomic E-state index is 0. The van der Waals surface area contributed by atoms with Gasteiger partial charge < -0.3 is 15.2 Å². The first-order valence-electron chi connectivity index (χ1n) is 10.2. The van der Waals surface area contributed by atoms with Gasteiger partial charge in [0.05, 0.1) is 0 Å². The summed E-state index contributed by atoms with van der Waals surface area (Å²) in [5.74, 6) is -1.27. The second-order valence-electron chi connectivity index (χ2n) is 7.11. The summed E-state index contributed by atoms with van der Waals surface area (Å²) in [6, 6.07) is 23.3. The molecule has 1 radical (unpaired) electrons. The zero-order valence-corrected chi connectivity index (χ0v) is 20.6. The van der Waals surface area contributed by atoms with Crippen LogP contribution in [0.3, 0.4) is 0 Å². The molecule has 185 valence electrons. The Morgan fingerprint density at radius 3 is 1.94 bits per heavy atom. The van der Waals surface area contributed by atoms with E-state index in [1.165, 1.54) is 6.20 Å². The standard InChI is InChI=1S/C17H10F2N.C9H5F3N3.Ir/c18-14-10-9-13(15-8-4-5-11-20-15)17(19)16(14)12-6-2-1-3-7-12;10-9(11,12)8-5-7(14-15-8)6-3-1-2-4-13-6;/h1-8,10-11H;1-5H;/q2*-1;. The van der Waals surface area contributed by atoms with Gasteiger partial charge in [0, 0.05) is 49.8 Å². The van der Waals surface area contributed by atoms with Crippen LogP contribution in [0.15, 0.2) is 91.3 Å². The van der Waals surface area contributed by atoms with E-state index in [4.69, 9.17) is 0 Å². The SMILES string of the molecule is FC(F)(F)c1cc(-c2ccccn2)[n-]n1.Fc1c[c-]c(-c2ccccn2)c(F)c1-c1ccccc1.[Ir]. The quantitative estimate of drug-likeness (QED) is 0.160. The summed E-state index contributed by atoms with van der Waals surface area (Å²) >= 11 is 0. The van der Waals surface area contributed by atoms with Gasteiger partial charge in [-0.05, 0) is 41.1 Å². The van der Waals surface area contributed by atoms with Crippen LogP contribution < -0.4 is 5.10 Å². The summed E-state index contributed by atoms with van der Waals surface area (Å²) < 4.78 is 65.1. The Labute approximate surface area is 216 Å². The smallest absolute Gasteiger partial charge is 0.431 e. The van der Waals surface area contributed by atoms with Gasteiger partial charge in [-0.25, -0.2) is 0 Å². The zero-order valence-electron chi connectivity index (χ0n) is 18.2. The van der Waals surface area contributed by atoms with Gasteiger partial charge in [0.25, 0.3) is 0 Å². The molecule has 0 aliphatic rings. The molecule has 4 nitrogen and oxygen atoms in total. The van der Waals surface area contributed by atoms with E-state index in [2.05, 4.69) is 26.2 Å². The topological polar surface area (TPSA) is 52.8 Å². The van der Waals surface area contributed by atoms with Crippen molar-refractivity contribution in [3.05, 3.63) is 115 Å². The van der Waals surface area contributed by atoms with Crippen LogP contribution in [0.1, 0.15) is 5.69 Å². The molecule has 0 saturated heterocycles. The third-order valence-corrected chi connectivity index (χ3v) is 4.76. The molecule has 0 unspecified atom stereocenters. The summed E-state index contributed by atoms with van der Waals surface area (Å²) in [5, 5.41) is 6.47. The molecule has 3 heterocycles. The average Bonchev–Trinajstić information content (AvgIpc) is 3.38. The molecule has 0 aliphatic heterocycles. The Hall–Kier alpha value is -3.75. The van der Waals surface area contributed by atoms with E-state index in [0.29, 0.717) is 17.0 Å². The number of benzene rings is 2. The molecule has 0 spiro atoms. The Kier molecular flexibility index (Phi) is 8.79. The number of hydrogen-bond acceptors (Lipinski definition) is 3. The fourth-order valence-electron chi connectivity index (χ4n) is 3.14. The van der Waals surface area contributed by atoms with E-state index in [9.17, 15) is 22.0 Å². The van der Waals surface area contributed by atoms with Crippen LogP contribution in [0.5, 0.6) is 0 Å². The maximum Gasteiger partial charge on any atom is 0.431 e.